The van der Waals surface area contributed by atoms with Crippen LogP contribution in [0.4, 0.5) is 23.0 Å². The smallest absolute Gasteiger partial charge is 0.278 e. The molecule has 0 amide bonds. The van der Waals surface area contributed by atoms with Gasteiger partial charge in [0, 0.05) is 56.0 Å². The lowest BCUT2D eigenvalue weighted by atomic mass is 10.1. The van der Waals surface area contributed by atoms with Crippen LogP contribution in [0, 0.1) is 0 Å². The number of anilines is 4. The van der Waals surface area contributed by atoms with E-state index in [-0.39, 0.29) is 12.1 Å². The fraction of sp³-hybridized carbons (Fsp3) is 0.314. The monoisotopic (exact) mass is 619 g/mol. The van der Waals surface area contributed by atoms with Crippen LogP contribution in [0.15, 0.2) is 96.4 Å². The predicted octanol–water partition coefficient (Wildman–Crippen LogP) is 4.76. The standard InChI is InChI=1S/C35H41N9O2/c1-4-19-43-33(45)29-25-37-34(40-32(29)44(43)31-13-8-12-30(39-31)35(2,3)46)38-27-14-16-28(17-15-27)42-23-21-41(22-24-42)20-9-18-36-26-10-6-5-7-11-26/h4-8,10-17,25,36,46H,1,9,18-24H2,2-3H3,(H,37,38,40). The molecule has 0 unspecified atom stereocenters. The van der Waals surface area contributed by atoms with Crippen molar-refractivity contribution >= 4 is 34.0 Å². The molecule has 1 aliphatic rings. The molecule has 46 heavy (non-hydrogen) atoms. The lowest BCUT2D eigenvalue weighted by molar-refractivity contribution is 0.0738. The number of piperazine rings is 1. The molecule has 0 bridgehead atoms. The van der Waals surface area contributed by atoms with E-state index >= 15 is 0 Å². The Kier molecular flexibility index (Phi) is 9.13. The van der Waals surface area contributed by atoms with E-state index in [0.29, 0.717) is 28.5 Å². The van der Waals surface area contributed by atoms with Crippen molar-refractivity contribution in [1.82, 2.24) is 29.2 Å². The number of rotatable bonds is 12. The van der Waals surface area contributed by atoms with Crippen molar-refractivity contribution in [3.63, 3.8) is 0 Å². The molecule has 0 saturated carbocycles. The minimum absolute atomic E-state index is 0.245. The van der Waals surface area contributed by atoms with Gasteiger partial charge in [-0.3, -0.25) is 9.69 Å². The molecule has 238 valence electrons. The molecule has 0 spiro atoms. The molecule has 1 fully saturated rings. The quantitative estimate of drug-likeness (QED) is 0.134. The topological polar surface area (TPSA) is 116 Å². The molecule has 2 aromatic carbocycles. The molecule has 0 aliphatic carbocycles. The number of nitrogens with one attached hydrogen (secondary N) is 2. The summed E-state index contributed by atoms with van der Waals surface area (Å²) >= 11 is 0. The third-order valence-electron chi connectivity index (χ3n) is 8.17. The molecular weight excluding hydrogens is 578 g/mol. The van der Waals surface area contributed by atoms with Crippen LogP contribution in [0.1, 0.15) is 26.0 Å². The molecule has 1 aliphatic heterocycles. The van der Waals surface area contributed by atoms with Crippen molar-refractivity contribution in [2.45, 2.75) is 32.4 Å². The Morgan fingerprint density at radius 2 is 1.70 bits per heavy atom. The van der Waals surface area contributed by atoms with Crippen molar-refractivity contribution in [1.29, 1.82) is 0 Å². The van der Waals surface area contributed by atoms with Gasteiger partial charge in [-0.1, -0.05) is 30.3 Å². The summed E-state index contributed by atoms with van der Waals surface area (Å²) in [4.78, 5) is 32.1. The first kappa shape index (κ1) is 31.0. The fourth-order valence-electron chi connectivity index (χ4n) is 5.70. The average molecular weight is 620 g/mol. The zero-order valence-corrected chi connectivity index (χ0v) is 26.4. The van der Waals surface area contributed by atoms with Crippen LogP contribution in [0.25, 0.3) is 16.9 Å². The summed E-state index contributed by atoms with van der Waals surface area (Å²) in [6.07, 6.45) is 4.30. The van der Waals surface area contributed by atoms with Gasteiger partial charge in [0.15, 0.2) is 11.5 Å². The Morgan fingerprint density at radius 1 is 0.935 bits per heavy atom. The normalized spacial score (nSPS) is 14.0. The van der Waals surface area contributed by atoms with E-state index in [0.717, 1.165) is 51.4 Å². The van der Waals surface area contributed by atoms with Crippen molar-refractivity contribution in [3.8, 4) is 5.82 Å². The number of benzene rings is 2. The summed E-state index contributed by atoms with van der Waals surface area (Å²) in [5.74, 6) is 0.824. The van der Waals surface area contributed by atoms with Gasteiger partial charge in [-0.25, -0.2) is 19.3 Å². The zero-order valence-electron chi connectivity index (χ0n) is 26.4. The number of para-hydroxylation sites is 1. The fourth-order valence-corrected chi connectivity index (χ4v) is 5.70. The van der Waals surface area contributed by atoms with Gasteiger partial charge in [-0.2, -0.15) is 4.98 Å². The highest BCUT2D eigenvalue weighted by molar-refractivity contribution is 5.77. The molecule has 1 saturated heterocycles. The van der Waals surface area contributed by atoms with E-state index in [1.54, 1.807) is 42.8 Å². The molecule has 0 atom stereocenters. The van der Waals surface area contributed by atoms with Crippen molar-refractivity contribution in [2.75, 3.05) is 54.8 Å². The van der Waals surface area contributed by atoms with Gasteiger partial charge in [0.1, 0.15) is 11.0 Å². The van der Waals surface area contributed by atoms with Crippen LogP contribution in [0.3, 0.4) is 0 Å². The summed E-state index contributed by atoms with van der Waals surface area (Å²) in [7, 11) is 0. The second-order valence-electron chi connectivity index (χ2n) is 12.0. The lowest BCUT2D eigenvalue weighted by Crippen LogP contribution is -2.46. The van der Waals surface area contributed by atoms with Gasteiger partial charge in [-0.05, 0) is 75.3 Å². The number of fused-ring (bicyclic) bond motifs is 1. The van der Waals surface area contributed by atoms with Crippen LogP contribution < -0.4 is 21.1 Å². The number of hydrogen-bond donors (Lipinski definition) is 3. The first-order valence-electron chi connectivity index (χ1n) is 15.7. The molecule has 4 heterocycles. The van der Waals surface area contributed by atoms with E-state index < -0.39 is 5.60 Å². The second kappa shape index (κ2) is 13.6. The molecule has 0 radical (unpaired) electrons. The van der Waals surface area contributed by atoms with Gasteiger partial charge in [0.05, 0.1) is 12.2 Å². The molecule has 11 heteroatoms. The SMILES string of the molecule is C=CCn1c(=O)c2cnc(Nc3ccc(N4CCN(CCCNc5ccccc5)CC4)cc3)nc2n1-c1cccc(C(C)(C)O)n1. The van der Waals surface area contributed by atoms with Gasteiger partial charge < -0.3 is 20.6 Å². The van der Waals surface area contributed by atoms with Gasteiger partial charge in [0.2, 0.25) is 5.95 Å². The van der Waals surface area contributed by atoms with E-state index in [4.69, 9.17) is 4.98 Å². The van der Waals surface area contributed by atoms with Crippen molar-refractivity contribution in [2.24, 2.45) is 0 Å². The summed E-state index contributed by atoms with van der Waals surface area (Å²) in [6, 6.07) is 24.0. The predicted molar refractivity (Wildman–Crippen MR) is 184 cm³/mol. The Hall–Kier alpha value is -5.00. The van der Waals surface area contributed by atoms with E-state index in [9.17, 15) is 9.90 Å². The lowest BCUT2D eigenvalue weighted by Gasteiger charge is -2.36. The molecule has 5 aromatic rings. The Balaban J connectivity index is 1.11. The highest BCUT2D eigenvalue weighted by Crippen LogP contribution is 2.24. The Bertz CT molecular complexity index is 1830. The highest BCUT2D eigenvalue weighted by atomic mass is 16.3. The van der Waals surface area contributed by atoms with Crippen LogP contribution in [-0.4, -0.2) is 73.6 Å². The Morgan fingerprint density at radius 3 is 2.41 bits per heavy atom. The third-order valence-corrected chi connectivity index (χ3v) is 8.17. The first-order valence-corrected chi connectivity index (χ1v) is 15.7. The number of hydrogen-bond acceptors (Lipinski definition) is 9. The number of aliphatic hydroxyl groups is 1. The van der Waals surface area contributed by atoms with Crippen LogP contribution in [0.2, 0.25) is 0 Å². The average Bonchev–Trinajstić information content (AvgIpc) is 3.34. The number of nitrogens with zero attached hydrogens (tertiary/aromatic N) is 7. The van der Waals surface area contributed by atoms with Crippen molar-refractivity contribution < 1.29 is 5.11 Å². The largest absolute Gasteiger partial charge is 0.385 e. The van der Waals surface area contributed by atoms with E-state index in [1.165, 1.54) is 22.3 Å². The van der Waals surface area contributed by atoms with Gasteiger partial charge in [-0.15, -0.1) is 6.58 Å². The zero-order chi connectivity index (χ0) is 32.1. The molecule has 6 rings (SSSR count). The minimum atomic E-state index is -1.15. The van der Waals surface area contributed by atoms with Gasteiger partial charge in [0.25, 0.3) is 5.56 Å². The van der Waals surface area contributed by atoms with Gasteiger partial charge >= 0.3 is 0 Å². The maximum Gasteiger partial charge on any atom is 0.278 e. The molecule has 11 nitrogen and oxygen atoms in total. The number of allylic oxidation sites excluding steroid dienone is 1. The molecule has 3 aromatic heterocycles. The number of pyridine rings is 1. The molecule has 3 N–H and O–H groups in total. The minimum Gasteiger partial charge on any atom is -0.385 e. The number of aromatic nitrogens is 5. The third kappa shape index (κ3) is 6.95. The Labute approximate surface area is 268 Å². The summed E-state index contributed by atoms with van der Waals surface area (Å²) in [6.45, 7) is 13.5. The van der Waals surface area contributed by atoms with Crippen LogP contribution in [0.5, 0.6) is 0 Å². The summed E-state index contributed by atoms with van der Waals surface area (Å²) in [5, 5.41) is 17.7. The molecular formula is C35H41N9O2. The first-order chi connectivity index (χ1) is 22.3. The van der Waals surface area contributed by atoms with E-state index in [2.05, 4.69) is 73.4 Å². The van der Waals surface area contributed by atoms with Crippen LogP contribution in [-0.2, 0) is 12.1 Å². The maximum atomic E-state index is 13.3. The second-order valence-corrected chi connectivity index (χ2v) is 12.0. The summed E-state index contributed by atoms with van der Waals surface area (Å²) in [5.41, 5.74) is 2.69. The van der Waals surface area contributed by atoms with Crippen LogP contribution >= 0.6 is 0 Å². The maximum absolute atomic E-state index is 13.3. The van der Waals surface area contributed by atoms with Crippen molar-refractivity contribution in [3.05, 3.63) is 108 Å². The summed E-state index contributed by atoms with van der Waals surface area (Å²) < 4.78 is 3.17. The van der Waals surface area contributed by atoms with E-state index in [1.807, 2.05) is 18.2 Å². The highest BCUT2D eigenvalue weighted by Gasteiger charge is 2.22.